The van der Waals surface area contributed by atoms with E-state index >= 15 is 0 Å². The highest BCUT2D eigenvalue weighted by molar-refractivity contribution is 5.51. The molecule has 3 N–H and O–H groups in total. The lowest BCUT2D eigenvalue weighted by Gasteiger charge is -2.22. The normalized spacial score (nSPS) is 26.3. The minimum atomic E-state index is -0.716. The Morgan fingerprint density at radius 2 is 2.24 bits per heavy atom. The zero-order valence-corrected chi connectivity index (χ0v) is 10.3. The van der Waals surface area contributed by atoms with Gasteiger partial charge >= 0.3 is 0 Å². The molecule has 1 aliphatic rings. The van der Waals surface area contributed by atoms with Gasteiger partial charge in [-0.2, -0.15) is 0 Å². The third-order valence-corrected chi connectivity index (χ3v) is 3.29. The van der Waals surface area contributed by atoms with Gasteiger partial charge in [0.05, 0.1) is 11.3 Å². The molecule has 0 amide bonds. The van der Waals surface area contributed by atoms with Gasteiger partial charge in [0, 0.05) is 19.1 Å². The summed E-state index contributed by atoms with van der Waals surface area (Å²) in [5.41, 5.74) is 6.33. The highest BCUT2D eigenvalue weighted by Gasteiger charge is 2.32. The van der Waals surface area contributed by atoms with Crippen molar-refractivity contribution in [1.29, 1.82) is 0 Å². The van der Waals surface area contributed by atoms with E-state index in [-0.39, 0.29) is 11.9 Å². The maximum atomic E-state index is 13.9. The lowest BCUT2D eigenvalue weighted by molar-refractivity contribution is 0.0839. The first-order chi connectivity index (χ1) is 7.89. The summed E-state index contributed by atoms with van der Waals surface area (Å²) in [6, 6.07) is 4.90. The number of β-amino-alcohol motifs (C(OH)–C–C–N with tert-alkyl or cyclic N) is 1. The number of nitrogens with zero attached hydrogens (tertiary/aromatic N) is 1. The first-order valence-corrected chi connectivity index (χ1v) is 5.91. The van der Waals surface area contributed by atoms with E-state index in [1.54, 1.807) is 13.0 Å². The van der Waals surface area contributed by atoms with Gasteiger partial charge in [-0.25, -0.2) is 4.39 Å². The van der Waals surface area contributed by atoms with Crippen LogP contribution in [0.2, 0.25) is 0 Å². The molecule has 1 aliphatic heterocycles. The van der Waals surface area contributed by atoms with E-state index in [2.05, 4.69) is 0 Å². The molecular weight excluding hydrogens is 219 g/mol. The van der Waals surface area contributed by atoms with Crippen LogP contribution in [0.4, 0.5) is 10.1 Å². The molecule has 0 bridgehead atoms. The Labute approximate surface area is 101 Å². The number of hydrogen-bond donors (Lipinski definition) is 2. The van der Waals surface area contributed by atoms with Gasteiger partial charge in [0.1, 0.15) is 5.82 Å². The van der Waals surface area contributed by atoms with Crippen LogP contribution in [0, 0.1) is 5.82 Å². The molecule has 4 heteroatoms. The van der Waals surface area contributed by atoms with E-state index in [1.165, 1.54) is 6.07 Å². The van der Waals surface area contributed by atoms with Gasteiger partial charge in [-0.15, -0.1) is 0 Å². The van der Waals surface area contributed by atoms with Crippen LogP contribution in [-0.4, -0.2) is 23.8 Å². The van der Waals surface area contributed by atoms with Crippen molar-refractivity contribution in [2.24, 2.45) is 5.73 Å². The molecule has 2 rings (SSSR count). The van der Waals surface area contributed by atoms with E-state index in [9.17, 15) is 9.50 Å². The smallest absolute Gasteiger partial charge is 0.146 e. The summed E-state index contributed by atoms with van der Waals surface area (Å²) in [5, 5.41) is 9.88. The highest BCUT2D eigenvalue weighted by atomic mass is 19.1. The Bertz CT molecular complexity index is 418. The lowest BCUT2D eigenvalue weighted by Crippen LogP contribution is -2.30. The number of rotatable bonds is 2. The van der Waals surface area contributed by atoms with Crippen LogP contribution < -0.4 is 10.6 Å². The molecule has 1 fully saturated rings. The molecule has 2 unspecified atom stereocenters. The van der Waals surface area contributed by atoms with Crippen molar-refractivity contribution in [1.82, 2.24) is 0 Å². The molecule has 3 nitrogen and oxygen atoms in total. The van der Waals surface area contributed by atoms with Crippen molar-refractivity contribution >= 4 is 5.69 Å². The average molecular weight is 238 g/mol. The van der Waals surface area contributed by atoms with Crippen LogP contribution in [0.25, 0.3) is 0 Å². The minimum Gasteiger partial charge on any atom is -0.388 e. The van der Waals surface area contributed by atoms with E-state index in [0.717, 1.165) is 5.56 Å². The second-order valence-corrected chi connectivity index (χ2v) is 5.17. The lowest BCUT2D eigenvalue weighted by atomic mass is 10.1. The number of anilines is 1. The van der Waals surface area contributed by atoms with Gasteiger partial charge < -0.3 is 15.7 Å². The summed E-state index contributed by atoms with van der Waals surface area (Å²) < 4.78 is 13.9. The molecule has 0 spiro atoms. The van der Waals surface area contributed by atoms with Crippen molar-refractivity contribution < 1.29 is 9.50 Å². The maximum absolute atomic E-state index is 13.9. The number of aliphatic hydroxyl groups is 1. The Balaban J connectivity index is 2.23. The monoisotopic (exact) mass is 238 g/mol. The summed E-state index contributed by atoms with van der Waals surface area (Å²) in [5.74, 6) is -0.266. The van der Waals surface area contributed by atoms with Gasteiger partial charge in [0.25, 0.3) is 0 Å². The molecular formula is C13H19FN2O. The third kappa shape index (κ3) is 2.58. The zero-order valence-electron chi connectivity index (χ0n) is 10.3. The SMILES string of the molecule is CC(N)c1ccc(N2CCC(C)(O)C2)c(F)c1. The zero-order chi connectivity index (χ0) is 12.6. The topological polar surface area (TPSA) is 49.5 Å². The van der Waals surface area contributed by atoms with Crippen LogP contribution in [0.5, 0.6) is 0 Å². The minimum absolute atomic E-state index is 0.166. The van der Waals surface area contributed by atoms with Crippen molar-refractivity contribution in [2.75, 3.05) is 18.0 Å². The molecule has 17 heavy (non-hydrogen) atoms. The summed E-state index contributed by atoms with van der Waals surface area (Å²) in [4.78, 5) is 1.88. The molecule has 2 atom stereocenters. The molecule has 0 aromatic heterocycles. The second kappa shape index (κ2) is 4.27. The Morgan fingerprint density at radius 1 is 1.53 bits per heavy atom. The molecule has 1 aromatic carbocycles. The predicted octanol–water partition coefficient (Wildman–Crippen LogP) is 1.81. The number of hydrogen-bond acceptors (Lipinski definition) is 3. The fourth-order valence-electron chi connectivity index (χ4n) is 2.21. The van der Waals surface area contributed by atoms with E-state index < -0.39 is 5.60 Å². The van der Waals surface area contributed by atoms with Gasteiger partial charge in [0.15, 0.2) is 0 Å². The molecule has 1 saturated heterocycles. The van der Waals surface area contributed by atoms with E-state index in [4.69, 9.17) is 5.73 Å². The molecule has 94 valence electrons. The average Bonchev–Trinajstić information content (AvgIpc) is 2.58. The Hall–Kier alpha value is -1.13. The highest BCUT2D eigenvalue weighted by Crippen LogP contribution is 2.29. The van der Waals surface area contributed by atoms with Crippen molar-refractivity contribution in [3.05, 3.63) is 29.6 Å². The quantitative estimate of drug-likeness (QED) is 0.826. The molecule has 1 aromatic rings. The summed E-state index contributed by atoms with van der Waals surface area (Å²) in [6.07, 6.45) is 0.668. The van der Waals surface area contributed by atoms with Crippen LogP contribution in [-0.2, 0) is 0 Å². The van der Waals surface area contributed by atoms with Crippen LogP contribution >= 0.6 is 0 Å². The van der Waals surface area contributed by atoms with Gasteiger partial charge in [0.2, 0.25) is 0 Å². The Kier molecular flexibility index (Phi) is 3.10. The summed E-state index contributed by atoms with van der Waals surface area (Å²) in [7, 11) is 0. The fourth-order valence-corrected chi connectivity index (χ4v) is 2.21. The van der Waals surface area contributed by atoms with Crippen molar-refractivity contribution in [3.8, 4) is 0 Å². The molecule has 0 aliphatic carbocycles. The molecule has 0 saturated carbocycles. The van der Waals surface area contributed by atoms with Gasteiger partial charge in [-0.1, -0.05) is 6.07 Å². The van der Waals surface area contributed by atoms with E-state index in [0.29, 0.717) is 25.2 Å². The largest absolute Gasteiger partial charge is 0.388 e. The summed E-state index contributed by atoms with van der Waals surface area (Å²) >= 11 is 0. The maximum Gasteiger partial charge on any atom is 0.146 e. The number of nitrogens with two attached hydrogens (primary N) is 1. The number of benzene rings is 1. The fraction of sp³-hybridized carbons (Fsp3) is 0.538. The number of halogens is 1. The molecule has 1 heterocycles. The molecule has 0 radical (unpaired) electrons. The predicted molar refractivity (Wildman–Crippen MR) is 66.5 cm³/mol. The van der Waals surface area contributed by atoms with Crippen molar-refractivity contribution in [2.45, 2.75) is 31.9 Å². The van der Waals surface area contributed by atoms with Crippen molar-refractivity contribution in [3.63, 3.8) is 0 Å². The van der Waals surface area contributed by atoms with Crippen LogP contribution in [0.3, 0.4) is 0 Å². The first-order valence-electron chi connectivity index (χ1n) is 5.91. The standard InChI is InChI=1S/C13H19FN2O/c1-9(15)10-3-4-12(11(14)7-10)16-6-5-13(2,17)8-16/h3-4,7,9,17H,5-6,8,15H2,1-2H3. The third-order valence-electron chi connectivity index (χ3n) is 3.29. The van der Waals surface area contributed by atoms with E-state index in [1.807, 2.05) is 17.9 Å². The second-order valence-electron chi connectivity index (χ2n) is 5.17. The van der Waals surface area contributed by atoms with Crippen LogP contribution in [0.1, 0.15) is 31.9 Å². The first kappa shape index (κ1) is 12.3. The van der Waals surface area contributed by atoms with Gasteiger partial charge in [-0.3, -0.25) is 0 Å². The Morgan fingerprint density at radius 3 is 2.71 bits per heavy atom. The van der Waals surface area contributed by atoms with Gasteiger partial charge in [-0.05, 0) is 38.0 Å². The van der Waals surface area contributed by atoms with Crippen LogP contribution in [0.15, 0.2) is 18.2 Å². The summed E-state index contributed by atoms with van der Waals surface area (Å²) in [6.45, 7) is 4.76.